The van der Waals surface area contributed by atoms with Crippen LogP contribution in [0.3, 0.4) is 0 Å². The van der Waals surface area contributed by atoms with Gasteiger partial charge in [0.1, 0.15) is 5.69 Å². The second kappa shape index (κ2) is 8.60. The van der Waals surface area contributed by atoms with Gasteiger partial charge in [0.05, 0.1) is 0 Å². The van der Waals surface area contributed by atoms with Gasteiger partial charge in [-0.15, -0.1) is 0 Å². The van der Waals surface area contributed by atoms with Gasteiger partial charge in [-0.2, -0.15) is 0 Å². The van der Waals surface area contributed by atoms with Crippen LogP contribution in [-0.4, -0.2) is 28.5 Å². The molecule has 0 aromatic carbocycles. The van der Waals surface area contributed by atoms with Crippen molar-refractivity contribution in [1.82, 2.24) is 15.3 Å². The highest BCUT2D eigenvalue weighted by Crippen LogP contribution is 2.20. The van der Waals surface area contributed by atoms with Crippen molar-refractivity contribution < 1.29 is 4.79 Å². The highest BCUT2D eigenvalue weighted by atomic mass is 16.1. The Hall–Kier alpha value is -1.65. The summed E-state index contributed by atoms with van der Waals surface area (Å²) in [7, 11) is 0. The van der Waals surface area contributed by atoms with Gasteiger partial charge in [0.2, 0.25) is 5.95 Å². The summed E-state index contributed by atoms with van der Waals surface area (Å²) in [4.78, 5) is 20.6. The van der Waals surface area contributed by atoms with E-state index in [1.165, 1.54) is 19.3 Å². The van der Waals surface area contributed by atoms with E-state index in [1.54, 1.807) is 12.3 Å². The molecule has 0 aliphatic heterocycles. The number of carbonyl (C=O) groups is 1. The molecule has 21 heavy (non-hydrogen) atoms. The van der Waals surface area contributed by atoms with Crippen LogP contribution in [0, 0.1) is 0 Å². The smallest absolute Gasteiger partial charge is 0.270 e. The predicted molar refractivity (Wildman–Crippen MR) is 84.4 cm³/mol. The second-order valence-electron chi connectivity index (χ2n) is 5.71. The van der Waals surface area contributed by atoms with Crippen molar-refractivity contribution in [2.24, 2.45) is 0 Å². The highest BCUT2D eigenvalue weighted by Gasteiger charge is 2.15. The van der Waals surface area contributed by atoms with Gasteiger partial charge in [0, 0.05) is 18.8 Å². The SMILES string of the molecule is CCCCCNC(=O)c1ccnc(NC2CCCCC2)n1. The summed E-state index contributed by atoms with van der Waals surface area (Å²) < 4.78 is 0. The Morgan fingerprint density at radius 2 is 2.10 bits per heavy atom. The molecule has 1 aromatic rings. The fourth-order valence-electron chi connectivity index (χ4n) is 2.65. The third-order valence-corrected chi connectivity index (χ3v) is 3.89. The van der Waals surface area contributed by atoms with Gasteiger partial charge in [-0.05, 0) is 25.3 Å². The van der Waals surface area contributed by atoms with E-state index in [0.717, 1.165) is 32.1 Å². The molecule has 0 unspecified atom stereocenters. The summed E-state index contributed by atoms with van der Waals surface area (Å²) in [5, 5.41) is 6.26. The van der Waals surface area contributed by atoms with E-state index in [2.05, 4.69) is 27.5 Å². The number of hydrogen-bond donors (Lipinski definition) is 2. The summed E-state index contributed by atoms with van der Waals surface area (Å²) in [6.45, 7) is 2.86. The van der Waals surface area contributed by atoms with Crippen LogP contribution >= 0.6 is 0 Å². The van der Waals surface area contributed by atoms with Crippen molar-refractivity contribution in [2.45, 2.75) is 64.3 Å². The number of carbonyl (C=O) groups excluding carboxylic acids is 1. The number of amides is 1. The Bertz CT molecular complexity index is 444. The van der Waals surface area contributed by atoms with Crippen molar-refractivity contribution in [3.8, 4) is 0 Å². The van der Waals surface area contributed by atoms with Crippen LogP contribution < -0.4 is 10.6 Å². The zero-order chi connectivity index (χ0) is 14.9. The molecule has 0 saturated heterocycles. The molecular weight excluding hydrogens is 264 g/mol. The molecule has 116 valence electrons. The summed E-state index contributed by atoms with van der Waals surface area (Å²) in [5.41, 5.74) is 0.444. The van der Waals surface area contributed by atoms with Gasteiger partial charge in [-0.25, -0.2) is 9.97 Å². The Kier molecular flexibility index (Phi) is 6.44. The van der Waals surface area contributed by atoms with E-state index in [1.807, 2.05) is 0 Å². The lowest BCUT2D eigenvalue weighted by molar-refractivity contribution is 0.0948. The first kappa shape index (κ1) is 15.7. The fourth-order valence-corrected chi connectivity index (χ4v) is 2.65. The lowest BCUT2D eigenvalue weighted by atomic mass is 9.96. The van der Waals surface area contributed by atoms with Gasteiger partial charge in [0.25, 0.3) is 5.91 Å². The quantitative estimate of drug-likeness (QED) is 0.757. The molecule has 0 spiro atoms. The van der Waals surface area contributed by atoms with Crippen LogP contribution in [0.1, 0.15) is 68.8 Å². The maximum atomic E-state index is 12.0. The molecule has 1 fully saturated rings. The zero-order valence-electron chi connectivity index (χ0n) is 12.9. The number of nitrogens with one attached hydrogen (secondary N) is 2. The molecule has 1 aliphatic rings. The molecule has 2 rings (SSSR count). The molecule has 5 heteroatoms. The monoisotopic (exact) mass is 290 g/mol. The molecule has 0 radical (unpaired) electrons. The van der Waals surface area contributed by atoms with E-state index in [4.69, 9.17) is 0 Å². The summed E-state index contributed by atoms with van der Waals surface area (Å²) >= 11 is 0. The first-order valence-corrected chi connectivity index (χ1v) is 8.17. The lowest BCUT2D eigenvalue weighted by Crippen LogP contribution is -2.27. The standard InChI is InChI=1S/C16H26N4O/c1-2-3-7-11-17-15(21)14-10-12-18-16(20-14)19-13-8-5-4-6-9-13/h10,12-13H,2-9,11H2,1H3,(H,17,21)(H,18,19,20). The van der Waals surface area contributed by atoms with Gasteiger partial charge >= 0.3 is 0 Å². The first-order valence-electron chi connectivity index (χ1n) is 8.17. The Morgan fingerprint density at radius 1 is 1.29 bits per heavy atom. The van der Waals surface area contributed by atoms with Crippen molar-refractivity contribution in [3.63, 3.8) is 0 Å². The van der Waals surface area contributed by atoms with E-state index in [-0.39, 0.29) is 5.91 Å². The van der Waals surface area contributed by atoms with Gasteiger partial charge < -0.3 is 10.6 Å². The lowest BCUT2D eigenvalue weighted by Gasteiger charge is -2.22. The second-order valence-corrected chi connectivity index (χ2v) is 5.71. The largest absolute Gasteiger partial charge is 0.351 e. The summed E-state index contributed by atoms with van der Waals surface area (Å²) in [5.74, 6) is 0.461. The number of aromatic nitrogens is 2. The molecule has 1 amide bonds. The molecule has 0 bridgehead atoms. The Labute approximate surface area is 127 Å². The van der Waals surface area contributed by atoms with Crippen LogP contribution in [0.25, 0.3) is 0 Å². The van der Waals surface area contributed by atoms with Gasteiger partial charge in [0.15, 0.2) is 0 Å². The summed E-state index contributed by atoms with van der Waals surface area (Å²) in [6, 6.07) is 2.11. The number of rotatable bonds is 7. The Balaban J connectivity index is 1.85. The van der Waals surface area contributed by atoms with E-state index in [9.17, 15) is 4.79 Å². The average molecular weight is 290 g/mol. The minimum absolute atomic E-state index is 0.111. The van der Waals surface area contributed by atoms with E-state index >= 15 is 0 Å². The molecule has 2 N–H and O–H groups in total. The third kappa shape index (κ3) is 5.33. The van der Waals surface area contributed by atoms with E-state index in [0.29, 0.717) is 24.2 Å². The minimum Gasteiger partial charge on any atom is -0.351 e. The molecule has 1 aliphatic carbocycles. The molecule has 5 nitrogen and oxygen atoms in total. The number of anilines is 1. The molecular formula is C16H26N4O. The number of nitrogens with zero attached hydrogens (tertiary/aromatic N) is 2. The van der Waals surface area contributed by atoms with Gasteiger partial charge in [-0.3, -0.25) is 4.79 Å². The minimum atomic E-state index is -0.111. The van der Waals surface area contributed by atoms with Crippen molar-refractivity contribution in [3.05, 3.63) is 18.0 Å². The van der Waals surface area contributed by atoms with Crippen LogP contribution in [0.5, 0.6) is 0 Å². The zero-order valence-corrected chi connectivity index (χ0v) is 12.9. The van der Waals surface area contributed by atoms with Crippen LogP contribution in [-0.2, 0) is 0 Å². The van der Waals surface area contributed by atoms with Crippen LogP contribution in [0.2, 0.25) is 0 Å². The normalized spacial score (nSPS) is 15.7. The predicted octanol–water partition coefficient (Wildman–Crippen LogP) is 3.14. The number of unbranched alkanes of at least 4 members (excludes halogenated alkanes) is 2. The van der Waals surface area contributed by atoms with Crippen LogP contribution in [0.4, 0.5) is 5.95 Å². The average Bonchev–Trinajstić information content (AvgIpc) is 2.53. The third-order valence-electron chi connectivity index (χ3n) is 3.89. The number of hydrogen-bond acceptors (Lipinski definition) is 4. The van der Waals surface area contributed by atoms with Crippen molar-refractivity contribution in [2.75, 3.05) is 11.9 Å². The molecule has 0 atom stereocenters. The maximum absolute atomic E-state index is 12.0. The maximum Gasteiger partial charge on any atom is 0.270 e. The van der Waals surface area contributed by atoms with Crippen molar-refractivity contribution in [1.29, 1.82) is 0 Å². The fraction of sp³-hybridized carbons (Fsp3) is 0.688. The topological polar surface area (TPSA) is 66.9 Å². The summed E-state index contributed by atoms with van der Waals surface area (Å²) in [6.07, 6.45) is 11.1. The van der Waals surface area contributed by atoms with Crippen LogP contribution in [0.15, 0.2) is 12.3 Å². The van der Waals surface area contributed by atoms with E-state index < -0.39 is 0 Å². The molecule has 1 heterocycles. The molecule has 1 saturated carbocycles. The highest BCUT2D eigenvalue weighted by molar-refractivity contribution is 5.92. The first-order chi connectivity index (χ1) is 10.3. The van der Waals surface area contributed by atoms with Gasteiger partial charge in [-0.1, -0.05) is 39.0 Å². The Morgan fingerprint density at radius 3 is 2.86 bits per heavy atom. The van der Waals surface area contributed by atoms with Crippen molar-refractivity contribution >= 4 is 11.9 Å². The molecule has 1 aromatic heterocycles.